The Hall–Kier alpha value is -0.860. The predicted molar refractivity (Wildman–Crippen MR) is 102 cm³/mol. The van der Waals surface area contributed by atoms with Crippen LogP contribution in [0.25, 0.3) is 0 Å². The summed E-state index contributed by atoms with van der Waals surface area (Å²) in [6, 6.07) is 0. The molecule has 3 heteroatoms. The Kier molecular flexibility index (Phi) is 4.72. The van der Waals surface area contributed by atoms with Crippen LogP contribution in [0.1, 0.15) is 84.5 Å². The van der Waals surface area contributed by atoms with Crippen molar-refractivity contribution in [2.45, 2.75) is 84.5 Å². The van der Waals surface area contributed by atoms with E-state index in [2.05, 4.69) is 13.8 Å². The zero-order valence-electron chi connectivity index (χ0n) is 16.6. The van der Waals surface area contributed by atoms with Gasteiger partial charge in [-0.3, -0.25) is 4.79 Å². The number of carboxylic acid groups (broad SMARTS) is 1. The third-order valence-electron chi connectivity index (χ3n) is 9.81. The molecule has 3 nitrogen and oxygen atoms in total. The molecule has 0 spiro atoms. The average Bonchev–Trinajstić information content (AvgIpc) is 2.92. The highest BCUT2D eigenvalue weighted by Crippen LogP contribution is 2.68. The number of carbonyl (C=O) groups excluding carboxylic acids is 1. The lowest BCUT2D eigenvalue weighted by Crippen LogP contribution is -2.53. The van der Waals surface area contributed by atoms with Gasteiger partial charge in [-0.2, -0.15) is 0 Å². The van der Waals surface area contributed by atoms with Gasteiger partial charge in [-0.1, -0.05) is 13.8 Å². The molecule has 4 rings (SSSR count). The molecule has 0 amide bonds. The first-order valence-electron chi connectivity index (χ1n) is 11.0. The van der Waals surface area contributed by atoms with E-state index in [9.17, 15) is 14.7 Å². The van der Waals surface area contributed by atoms with Gasteiger partial charge in [0, 0.05) is 12.8 Å². The first-order valence-corrected chi connectivity index (χ1v) is 11.0. The fraction of sp³-hybridized carbons (Fsp3) is 0.913. The Morgan fingerprint density at radius 2 is 1.73 bits per heavy atom. The maximum atomic E-state index is 11.2. The van der Waals surface area contributed by atoms with Gasteiger partial charge in [0.25, 0.3) is 0 Å². The van der Waals surface area contributed by atoms with Gasteiger partial charge in [0.2, 0.25) is 0 Å². The normalized spacial score (nSPS) is 50.4. The smallest absolute Gasteiger partial charge is 0.303 e. The number of hydrogen-bond acceptors (Lipinski definition) is 2. The summed E-state index contributed by atoms with van der Waals surface area (Å²) in [6.07, 6.45) is 13.7. The average molecular weight is 361 g/mol. The molecular weight excluding hydrogens is 324 g/mol. The monoisotopic (exact) mass is 360 g/mol. The van der Waals surface area contributed by atoms with Gasteiger partial charge in [0.1, 0.15) is 6.29 Å². The lowest BCUT2D eigenvalue weighted by Gasteiger charge is -2.61. The Labute approximate surface area is 158 Å². The van der Waals surface area contributed by atoms with Crippen molar-refractivity contribution in [3.05, 3.63) is 0 Å². The Bertz CT molecular complexity index is 572. The van der Waals surface area contributed by atoms with E-state index in [0.29, 0.717) is 29.1 Å². The van der Waals surface area contributed by atoms with E-state index in [0.717, 1.165) is 49.2 Å². The number of carboxylic acids is 1. The highest BCUT2D eigenvalue weighted by atomic mass is 16.4. The zero-order valence-corrected chi connectivity index (χ0v) is 16.6. The molecule has 4 fully saturated rings. The highest BCUT2D eigenvalue weighted by molar-refractivity contribution is 5.67. The molecule has 26 heavy (non-hydrogen) atoms. The van der Waals surface area contributed by atoms with E-state index in [4.69, 9.17) is 0 Å². The third-order valence-corrected chi connectivity index (χ3v) is 9.81. The van der Waals surface area contributed by atoms with E-state index < -0.39 is 5.97 Å². The van der Waals surface area contributed by atoms with E-state index in [1.54, 1.807) is 0 Å². The van der Waals surface area contributed by atoms with Crippen molar-refractivity contribution >= 4 is 12.3 Å². The van der Waals surface area contributed by atoms with Crippen LogP contribution in [0.4, 0.5) is 0 Å². The molecule has 4 saturated carbocycles. The van der Waals surface area contributed by atoms with Gasteiger partial charge < -0.3 is 9.90 Å². The zero-order chi connectivity index (χ0) is 18.5. The number of hydrogen-bond donors (Lipinski definition) is 1. The molecule has 1 N–H and O–H groups in total. The van der Waals surface area contributed by atoms with Crippen LogP contribution < -0.4 is 0 Å². The predicted octanol–water partition coefficient (Wildman–Crippen LogP) is 5.33. The quantitative estimate of drug-likeness (QED) is 0.690. The summed E-state index contributed by atoms with van der Waals surface area (Å²) in [4.78, 5) is 22.3. The van der Waals surface area contributed by atoms with Gasteiger partial charge >= 0.3 is 5.97 Å². The minimum Gasteiger partial charge on any atom is -0.481 e. The summed E-state index contributed by atoms with van der Waals surface area (Å²) in [6.45, 7) is 5.04. The van der Waals surface area contributed by atoms with Crippen LogP contribution in [0, 0.1) is 46.3 Å². The van der Waals surface area contributed by atoms with Gasteiger partial charge in [0.05, 0.1) is 0 Å². The topological polar surface area (TPSA) is 54.4 Å². The van der Waals surface area contributed by atoms with E-state index in [1.807, 2.05) is 0 Å². The van der Waals surface area contributed by atoms with Crippen molar-refractivity contribution in [1.29, 1.82) is 0 Å². The molecule has 8 atom stereocenters. The molecule has 0 unspecified atom stereocenters. The van der Waals surface area contributed by atoms with Crippen LogP contribution in [0.15, 0.2) is 0 Å². The van der Waals surface area contributed by atoms with Gasteiger partial charge in [0.15, 0.2) is 0 Å². The second kappa shape index (κ2) is 6.63. The molecule has 0 aromatic heterocycles. The molecule has 0 bridgehead atoms. The largest absolute Gasteiger partial charge is 0.481 e. The van der Waals surface area contributed by atoms with E-state index >= 15 is 0 Å². The van der Waals surface area contributed by atoms with Crippen molar-refractivity contribution in [1.82, 2.24) is 0 Å². The number of rotatable bonds is 4. The molecule has 0 heterocycles. The standard InChI is InChI=1S/C23H36O3/c1-22-11-8-20-18(19(22)6-4-16(22)9-12-24)5-3-17-13-15(14-21(25)26)7-10-23(17,20)2/h12,15-20H,3-11,13-14H2,1-2H3,(H,25,26)/t15-,16-,17-,18+,19+,20+,22-,23+/m1/s1. The second-order valence-electron chi connectivity index (χ2n) is 10.6. The summed E-state index contributed by atoms with van der Waals surface area (Å²) in [7, 11) is 0. The first-order chi connectivity index (χ1) is 12.4. The van der Waals surface area contributed by atoms with Crippen LogP contribution in [0.3, 0.4) is 0 Å². The molecule has 0 aromatic carbocycles. The molecule has 0 saturated heterocycles. The fourth-order valence-electron chi connectivity index (χ4n) is 8.39. The van der Waals surface area contributed by atoms with Crippen molar-refractivity contribution in [3.63, 3.8) is 0 Å². The molecule has 4 aliphatic carbocycles. The lowest BCUT2D eigenvalue weighted by molar-refractivity contribution is -0.141. The summed E-state index contributed by atoms with van der Waals surface area (Å²) < 4.78 is 0. The van der Waals surface area contributed by atoms with Crippen molar-refractivity contribution < 1.29 is 14.7 Å². The number of carbonyl (C=O) groups is 2. The Balaban J connectivity index is 1.52. The SMILES string of the molecule is C[C@]12CC[C@@H](CC(=O)O)C[C@H]1CC[C@@H]1[C@@H]2CC[C@]2(C)[C@@H](CC=O)CC[C@@H]12. The molecule has 0 aromatic rings. The minimum absolute atomic E-state index is 0.370. The summed E-state index contributed by atoms with van der Waals surface area (Å²) in [5.41, 5.74) is 0.827. The van der Waals surface area contributed by atoms with Gasteiger partial charge in [-0.05, 0) is 104 Å². The lowest BCUT2D eigenvalue weighted by atomic mass is 9.44. The Morgan fingerprint density at radius 3 is 2.46 bits per heavy atom. The van der Waals surface area contributed by atoms with E-state index in [1.165, 1.54) is 44.9 Å². The van der Waals surface area contributed by atoms with Gasteiger partial charge in [-0.15, -0.1) is 0 Å². The van der Waals surface area contributed by atoms with Crippen LogP contribution in [0.2, 0.25) is 0 Å². The molecule has 146 valence electrons. The van der Waals surface area contributed by atoms with Crippen molar-refractivity contribution in [2.75, 3.05) is 0 Å². The Morgan fingerprint density at radius 1 is 1.00 bits per heavy atom. The van der Waals surface area contributed by atoms with E-state index in [-0.39, 0.29) is 0 Å². The van der Waals surface area contributed by atoms with Crippen molar-refractivity contribution in [2.24, 2.45) is 46.3 Å². The van der Waals surface area contributed by atoms with Crippen LogP contribution in [-0.2, 0) is 9.59 Å². The minimum atomic E-state index is -0.618. The third kappa shape index (κ3) is 2.76. The molecule has 4 aliphatic rings. The number of aliphatic carboxylic acids is 1. The summed E-state index contributed by atoms with van der Waals surface area (Å²) >= 11 is 0. The summed E-state index contributed by atoms with van der Waals surface area (Å²) in [5.74, 6) is 3.64. The number of fused-ring (bicyclic) bond motifs is 5. The first kappa shape index (κ1) is 18.5. The van der Waals surface area contributed by atoms with Gasteiger partial charge in [-0.25, -0.2) is 0 Å². The van der Waals surface area contributed by atoms with Crippen LogP contribution >= 0.6 is 0 Å². The number of aldehydes is 1. The fourth-order valence-corrected chi connectivity index (χ4v) is 8.39. The highest BCUT2D eigenvalue weighted by Gasteiger charge is 2.59. The summed E-state index contributed by atoms with van der Waals surface area (Å²) in [5, 5.41) is 9.19. The van der Waals surface area contributed by atoms with Crippen LogP contribution in [0.5, 0.6) is 0 Å². The second-order valence-corrected chi connectivity index (χ2v) is 10.6. The maximum Gasteiger partial charge on any atom is 0.303 e. The van der Waals surface area contributed by atoms with Crippen LogP contribution in [-0.4, -0.2) is 17.4 Å². The molecule has 0 radical (unpaired) electrons. The molecule has 0 aliphatic heterocycles. The maximum absolute atomic E-state index is 11.2. The van der Waals surface area contributed by atoms with Crippen molar-refractivity contribution in [3.8, 4) is 0 Å². The molecular formula is C23H36O3.